The van der Waals surface area contributed by atoms with E-state index < -0.39 is 0 Å². The van der Waals surface area contributed by atoms with Crippen molar-refractivity contribution in [1.29, 1.82) is 0 Å². The van der Waals surface area contributed by atoms with Gasteiger partial charge >= 0.3 is 0 Å². The predicted molar refractivity (Wildman–Crippen MR) is 119 cm³/mol. The quantitative estimate of drug-likeness (QED) is 0.282. The van der Waals surface area contributed by atoms with Crippen LogP contribution in [0.25, 0.3) is 16.8 Å². The first-order valence-electron chi connectivity index (χ1n) is 9.46. The number of hydrogen-bond donors (Lipinski definition) is 1. The monoisotopic (exact) mass is 416 g/mol. The lowest BCUT2D eigenvalue weighted by atomic mass is 10.1. The third kappa shape index (κ3) is 4.26. The third-order valence-electron chi connectivity index (χ3n) is 4.58. The average molecular weight is 417 g/mol. The number of carbonyl (C=O) groups is 2. The van der Waals surface area contributed by atoms with Gasteiger partial charge < -0.3 is 5.32 Å². The Labute approximate surface area is 178 Å². The van der Waals surface area contributed by atoms with Crippen LogP contribution in [-0.2, 0) is 4.79 Å². The minimum Gasteiger partial charge on any atom is -0.325 e. The lowest BCUT2D eigenvalue weighted by molar-refractivity contribution is -0.113. The summed E-state index contributed by atoms with van der Waals surface area (Å²) < 4.78 is 1.77. The smallest absolute Gasteiger partial charge is 0.234 e. The molecule has 0 aliphatic heterocycles. The molecule has 0 aliphatic rings. The molecule has 30 heavy (non-hydrogen) atoms. The highest BCUT2D eigenvalue weighted by Crippen LogP contribution is 2.27. The first-order chi connectivity index (χ1) is 14.5. The third-order valence-corrected chi connectivity index (χ3v) is 5.57. The maximum atomic E-state index is 12.4. The van der Waals surface area contributed by atoms with Crippen molar-refractivity contribution in [1.82, 2.24) is 14.6 Å². The number of thioether (sulfide) groups is 1. The molecular weight excluding hydrogens is 396 g/mol. The Hall–Kier alpha value is -3.45. The van der Waals surface area contributed by atoms with Crippen LogP contribution in [-0.4, -0.2) is 32.0 Å². The summed E-state index contributed by atoms with van der Waals surface area (Å²) in [5.41, 5.74) is 4.91. The molecule has 0 fully saturated rings. The Bertz CT molecular complexity index is 1220. The van der Waals surface area contributed by atoms with Crippen LogP contribution in [0.3, 0.4) is 0 Å². The minimum atomic E-state index is -0.131. The number of hydrogen-bond acceptors (Lipinski definition) is 5. The molecule has 0 saturated carbocycles. The summed E-state index contributed by atoms with van der Waals surface area (Å²) in [7, 11) is 0. The van der Waals surface area contributed by atoms with Crippen LogP contribution in [0, 0.1) is 6.92 Å². The molecule has 0 radical (unpaired) electrons. The summed E-state index contributed by atoms with van der Waals surface area (Å²) in [5, 5.41) is 8.20. The average Bonchev–Trinajstić information content (AvgIpc) is 3.17. The fraction of sp³-hybridized carbons (Fsp3) is 0.130. The summed E-state index contributed by atoms with van der Waals surface area (Å²) in [6.07, 6.45) is 1.80. The fourth-order valence-electron chi connectivity index (χ4n) is 3.10. The topological polar surface area (TPSA) is 76.4 Å². The van der Waals surface area contributed by atoms with Crippen molar-refractivity contribution in [2.24, 2.45) is 0 Å². The fourth-order valence-corrected chi connectivity index (χ4v) is 3.96. The molecular formula is C23H20N4O2S. The van der Waals surface area contributed by atoms with Gasteiger partial charge in [-0.15, -0.1) is 0 Å². The van der Waals surface area contributed by atoms with E-state index in [0.29, 0.717) is 11.3 Å². The minimum absolute atomic E-state index is 0.00500. The van der Waals surface area contributed by atoms with Crippen LogP contribution < -0.4 is 5.32 Å². The standard InChI is InChI=1S/C23H20N4O2S/c1-15-12-22(27-23(25-15)20(13-24-27)18-6-4-3-5-7-18)30-14-21(29)26-19-10-8-17(9-11-19)16(2)28/h3-13H,14H2,1-2H3,(H,26,29). The molecule has 0 bridgehead atoms. The second-order valence-corrected chi connectivity index (χ2v) is 7.86. The molecule has 0 atom stereocenters. The van der Waals surface area contributed by atoms with Crippen LogP contribution in [0.1, 0.15) is 23.0 Å². The van der Waals surface area contributed by atoms with Crippen molar-refractivity contribution in [3.05, 3.63) is 78.1 Å². The molecule has 2 heterocycles. The van der Waals surface area contributed by atoms with Gasteiger partial charge in [-0.2, -0.15) is 5.10 Å². The SMILES string of the molecule is CC(=O)c1ccc(NC(=O)CSc2cc(C)nc3c(-c4ccccc4)cnn23)cc1. The lowest BCUT2D eigenvalue weighted by Gasteiger charge is -2.08. The zero-order chi connectivity index (χ0) is 21.1. The van der Waals surface area contributed by atoms with Gasteiger partial charge in [0.05, 0.1) is 11.9 Å². The van der Waals surface area contributed by atoms with E-state index >= 15 is 0 Å². The van der Waals surface area contributed by atoms with Gasteiger partial charge in [0.25, 0.3) is 0 Å². The highest BCUT2D eigenvalue weighted by Gasteiger charge is 2.13. The van der Waals surface area contributed by atoms with Gasteiger partial charge in [-0.25, -0.2) is 9.50 Å². The Balaban J connectivity index is 1.50. The van der Waals surface area contributed by atoms with Crippen LogP contribution in [0.2, 0.25) is 0 Å². The zero-order valence-electron chi connectivity index (χ0n) is 16.6. The van der Waals surface area contributed by atoms with Gasteiger partial charge in [0.2, 0.25) is 5.91 Å². The highest BCUT2D eigenvalue weighted by atomic mass is 32.2. The molecule has 4 rings (SSSR count). The second kappa shape index (κ2) is 8.51. The number of nitrogens with one attached hydrogen (secondary N) is 1. The molecule has 2 aromatic carbocycles. The second-order valence-electron chi connectivity index (χ2n) is 6.87. The Kier molecular flexibility index (Phi) is 5.63. The van der Waals surface area contributed by atoms with Crippen LogP contribution in [0.15, 0.2) is 71.9 Å². The number of carbonyl (C=O) groups excluding carboxylic acids is 2. The van der Waals surface area contributed by atoms with E-state index in [1.807, 2.05) is 43.3 Å². The lowest BCUT2D eigenvalue weighted by Crippen LogP contribution is -2.14. The maximum Gasteiger partial charge on any atom is 0.234 e. The highest BCUT2D eigenvalue weighted by molar-refractivity contribution is 7.99. The molecule has 6 nitrogen and oxygen atoms in total. The molecule has 0 aliphatic carbocycles. The van der Waals surface area contributed by atoms with Gasteiger partial charge in [-0.3, -0.25) is 9.59 Å². The van der Waals surface area contributed by atoms with E-state index in [-0.39, 0.29) is 17.4 Å². The number of anilines is 1. The number of benzene rings is 2. The molecule has 4 aromatic rings. The van der Waals surface area contributed by atoms with Crippen LogP contribution >= 0.6 is 11.8 Å². The molecule has 0 saturated heterocycles. The van der Waals surface area contributed by atoms with Crippen molar-refractivity contribution >= 4 is 34.8 Å². The summed E-state index contributed by atoms with van der Waals surface area (Å²) >= 11 is 1.40. The number of nitrogens with zero attached hydrogens (tertiary/aromatic N) is 3. The van der Waals surface area contributed by atoms with Crippen molar-refractivity contribution in [3.8, 4) is 11.1 Å². The Morgan fingerprint density at radius 3 is 2.50 bits per heavy atom. The van der Waals surface area contributed by atoms with Gasteiger partial charge in [0.15, 0.2) is 11.4 Å². The van der Waals surface area contributed by atoms with Crippen molar-refractivity contribution in [2.45, 2.75) is 18.9 Å². The Morgan fingerprint density at radius 2 is 1.80 bits per heavy atom. The van der Waals surface area contributed by atoms with Crippen LogP contribution in [0.5, 0.6) is 0 Å². The number of aromatic nitrogens is 3. The first-order valence-corrected chi connectivity index (χ1v) is 10.4. The summed E-state index contributed by atoms with van der Waals surface area (Å²) in [6, 6.07) is 18.8. The molecule has 0 unspecified atom stereocenters. The molecule has 1 amide bonds. The number of amides is 1. The molecule has 7 heteroatoms. The van der Waals surface area contributed by atoms with E-state index in [4.69, 9.17) is 0 Å². The molecule has 150 valence electrons. The largest absolute Gasteiger partial charge is 0.325 e. The summed E-state index contributed by atoms with van der Waals surface area (Å²) in [4.78, 5) is 28.4. The number of ketones is 1. The van der Waals surface area contributed by atoms with Gasteiger partial charge in [0.1, 0.15) is 5.03 Å². The predicted octanol–water partition coefficient (Wildman–Crippen LogP) is 4.64. The Morgan fingerprint density at radius 1 is 1.07 bits per heavy atom. The van der Waals surface area contributed by atoms with Crippen molar-refractivity contribution in [2.75, 3.05) is 11.1 Å². The number of rotatable bonds is 6. The van der Waals surface area contributed by atoms with Gasteiger partial charge in [-0.1, -0.05) is 42.1 Å². The first kappa shape index (κ1) is 19.8. The molecule has 2 aromatic heterocycles. The molecule has 1 N–H and O–H groups in total. The van der Waals surface area contributed by atoms with E-state index in [9.17, 15) is 9.59 Å². The van der Waals surface area contributed by atoms with E-state index in [2.05, 4.69) is 15.4 Å². The molecule has 0 spiro atoms. The van der Waals surface area contributed by atoms with Gasteiger partial charge in [0, 0.05) is 22.5 Å². The van der Waals surface area contributed by atoms with E-state index in [1.165, 1.54) is 18.7 Å². The zero-order valence-corrected chi connectivity index (χ0v) is 17.4. The number of fused-ring (bicyclic) bond motifs is 1. The van der Waals surface area contributed by atoms with Gasteiger partial charge in [-0.05, 0) is 49.7 Å². The van der Waals surface area contributed by atoms with Crippen molar-refractivity contribution < 1.29 is 9.59 Å². The number of aryl methyl sites for hydroxylation is 1. The maximum absolute atomic E-state index is 12.4. The summed E-state index contributed by atoms with van der Waals surface area (Å²) in [5.74, 6) is 0.0938. The van der Waals surface area contributed by atoms with E-state index in [0.717, 1.165) is 27.5 Å². The van der Waals surface area contributed by atoms with Crippen LogP contribution in [0.4, 0.5) is 5.69 Å². The number of Topliss-reactive ketones (excluding diaryl/α,β-unsaturated/α-hetero) is 1. The normalized spacial score (nSPS) is 10.9. The van der Waals surface area contributed by atoms with Crippen molar-refractivity contribution in [3.63, 3.8) is 0 Å². The summed E-state index contributed by atoms with van der Waals surface area (Å²) in [6.45, 7) is 3.45. The van der Waals surface area contributed by atoms with E-state index in [1.54, 1.807) is 35.0 Å².